The van der Waals surface area contributed by atoms with Crippen LogP contribution in [0.4, 0.5) is 0 Å². The lowest BCUT2D eigenvalue weighted by molar-refractivity contribution is -0.152. The van der Waals surface area contributed by atoms with Crippen molar-refractivity contribution in [1.29, 1.82) is 0 Å². The van der Waals surface area contributed by atoms with Crippen LogP contribution >= 0.6 is 0 Å². The maximum atomic E-state index is 2.68. The number of hydrogen-bond acceptors (Lipinski definition) is 1. The van der Waals surface area contributed by atoms with Crippen LogP contribution in [-0.2, 0) is 0 Å². The Morgan fingerprint density at radius 2 is 1.44 bits per heavy atom. The molecule has 4 saturated carbocycles. The molecule has 4 rings (SSSR count). The van der Waals surface area contributed by atoms with Crippen LogP contribution in [0.2, 0.25) is 0 Å². The molecule has 0 radical (unpaired) electrons. The summed E-state index contributed by atoms with van der Waals surface area (Å²) in [6.07, 6.45) is 9.14. The molecule has 1 nitrogen and oxygen atoms in total. The molecule has 0 amide bonds. The van der Waals surface area contributed by atoms with Crippen molar-refractivity contribution in [3.05, 3.63) is 0 Å². The molecule has 4 atom stereocenters. The summed E-state index contributed by atoms with van der Waals surface area (Å²) in [5.74, 6) is 1.05. The van der Waals surface area contributed by atoms with E-state index in [1.165, 1.54) is 58.2 Å². The van der Waals surface area contributed by atoms with Gasteiger partial charge in [-0.1, -0.05) is 27.7 Å². The summed E-state index contributed by atoms with van der Waals surface area (Å²) in [4.78, 5) is 2.68. The van der Waals surface area contributed by atoms with Gasteiger partial charge in [-0.2, -0.15) is 0 Å². The highest BCUT2D eigenvalue weighted by Gasteiger charge is 2.59. The molecule has 0 aromatic carbocycles. The van der Waals surface area contributed by atoms with E-state index in [1.54, 1.807) is 0 Å². The predicted octanol–water partition coefficient (Wildman–Crippen LogP) is 4.32. The standard InChI is InChI=1S/C17H31N/c1-5-18(6-2)13-17-9-14-7-15(3,11-17)10-16(4,8-14)12-17/h14H,5-13H2,1-4H3/t14?,15-,16+,17?. The van der Waals surface area contributed by atoms with Crippen LogP contribution in [0.1, 0.15) is 66.2 Å². The second kappa shape index (κ2) is 3.98. The summed E-state index contributed by atoms with van der Waals surface area (Å²) in [5, 5.41) is 0. The fraction of sp³-hybridized carbons (Fsp3) is 1.00. The van der Waals surface area contributed by atoms with Crippen molar-refractivity contribution in [3.8, 4) is 0 Å². The summed E-state index contributed by atoms with van der Waals surface area (Å²) >= 11 is 0. The first-order chi connectivity index (χ1) is 8.40. The molecule has 0 heterocycles. The topological polar surface area (TPSA) is 3.24 Å². The van der Waals surface area contributed by atoms with E-state index in [9.17, 15) is 0 Å². The fourth-order valence-electron chi connectivity index (χ4n) is 6.78. The highest BCUT2D eigenvalue weighted by Crippen LogP contribution is 2.69. The van der Waals surface area contributed by atoms with Crippen molar-refractivity contribution in [1.82, 2.24) is 4.90 Å². The van der Waals surface area contributed by atoms with Crippen molar-refractivity contribution < 1.29 is 0 Å². The molecule has 2 unspecified atom stereocenters. The minimum absolute atomic E-state index is 0.676. The van der Waals surface area contributed by atoms with Gasteiger partial charge < -0.3 is 4.90 Å². The third kappa shape index (κ3) is 2.03. The molecule has 18 heavy (non-hydrogen) atoms. The molecule has 0 aliphatic heterocycles. The lowest BCUT2D eigenvalue weighted by Crippen LogP contribution is -2.58. The Morgan fingerprint density at radius 1 is 0.889 bits per heavy atom. The van der Waals surface area contributed by atoms with Crippen LogP contribution in [0.3, 0.4) is 0 Å². The van der Waals surface area contributed by atoms with Gasteiger partial charge in [0.2, 0.25) is 0 Å². The first kappa shape index (κ1) is 13.0. The summed E-state index contributed by atoms with van der Waals surface area (Å²) in [6, 6.07) is 0. The molecule has 0 N–H and O–H groups in total. The lowest BCUT2D eigenvalue weighted by atomic mass is 9.40. The van der Waals surface area contributed by atoms with Gasteiger partial charge in [-0.25, -0.2) is 0 Å². The predicted molar refractivity (Wildman–Crippen MR) is 77.6 cm³/mol. The smallest absolute Gasteiger partial charge is 0.00382 e. The van der Waals surface area contributed by atoms with Crippen LogP contribution in [0.15, 0.2) is 0 Å². The Hall–Kier alpha value is -0.0400. The van der Waals surface area contributed by atoms with Crippen LogP contribution in [0.5, 0.6) is 0 Å². The number of nitrogens with zero attached hydrogens (tertiary/aromatic N) is 1. The molecule has 0 aromatic rings. The van der Waals surface area contributed by atoms with Crippen LogP contribution in [-0.4, -0.2) is 24.5 Å². The SMILES string of the molecule is CCN(CC)CC12CC3C[C@@](C)(C1)C[C@](C)(C3)C2. The summed E-state index contributed by atoms with van der Waals surface area (Å²) in [7, 11) is 0. The third-order valence-corrected chi connectivity index (χ3v) is 6.20. The zero-order valence-electron chi connectivity index (χ0n) is 12.9. The van der Waals surface area contributed by atoms with Gasteiger partial charge in [-0.05, 0) is 73.8 Å². The number of rotatable bonds is 4. The molecule has 4 aliphatic carbocycles. The van der Waals surface area contributed by atoms with Gasteiger partial charge in [-0.15, -0.1) is 0 Å². The zero-order valence-corrected chi connectivity index (χ0v) is 12.9. The van der Waals surface area contributed by atoms with Crippen molar-refractivity contribution in [2.75, 3.05) is 19.6 Å². The first-order valence-electron chi connectivity index (χ1n) is 8.12. The van der Waals surface area contributed by atoms with Crippen molar-refractivity contribution in [2.45, 2.75) is 66.2 Å². The number of hydrogen-bond donors (Lipinski definition) is 0. The fourth-order valence-corrected chi connectivity index (χ4v) is 6.78. The Balaban J connectivity index is 1.84. The Kier molecular flexibility index (Phi) is 2.86. The van der Waals surface area contributed by atoms with E-state index in [0.717, 1.165) is 5.92 Å². The first-order valence-corrected chi connectivity index (χ1v) is 8.12. The van der Waals surface area contributed by atoms with Gasteiger partial charge in [0.05, 0.1) is 0 Å². The minimum Gasteiger partial charge on any atom is -0.303 e. The average Bonchev–Trinajstić information content (AvgIpc) is 2.20. The van der Waals surface area contributed by atoms with E-state index in [1.807, 2.05) is 0 Å². The highest BCUT2D eigenvalue weighted by atomic mass is 15.1. The monoisotopic (exact) mass is 249 g/mol. The third-order valence-electron chi connectivity index (χ3n) is 6.20. The largest absolute Gasteiger partial charge is 0.303 e. The van der Waals surface area contributed by atoms with Crippen molar-refractivity contribution >= 4 is 0 Å². The maximum Gasteiger partial charge on any atom is 0.00382 e. The Bertz CT molecular complexity index is 313. The van der Waals surface area contributed by atoms with Gasteiger partial charge in [-0.3, -0.25) is 0 Å². The van der Waals surface area contributed by atoms with E-state index in [-0.39, 0.29) is 0 Å². The van der Waals surface area contributed by atoms with E-state index in [2.05, 4.69) is 32.6 Å². The normalized spacial score (nSPS) is 50.2. The quantitative estimate of drug-likeness (QED) is 0.717. The molecule has 4 aliphatic rings. The van der Waals surface area contributed by atoms with Gasteiger partial charge in [0, 0.05) is 6.54 Å². The van der Waals surface area contributed by atoms with Crippen LogP contribution in [0.25, 0.3) is 0 Å². The molecule has 4 fully saturated rings. The van der Waals surface area contributed by atoms with E-state index < -0.39 is 0 Å². The van der Waals surface area contributed by atoms with Gasteiger partial charge in [0.25, 0.3) is 0 Å². The summed E-state index contributed by atoms with van der Waals surface area (Å²) in [6.45, 7) is 13.7. The molecule has 0 spiro atoms. The molecule has 104 valence electrons. The summed E-state index contributed by atoms with van der Waals surface area (Å²) in [5.41, 5.74) is 2.04. The second-order valence-corrected chi connectivity index (χ2v) is 8.59. The van der Waals surface area contributed by atoms with Gasteiger partial charge in [0.15, 0.2) is 0 Å². The molecular formula is C17H31N. The average molecular weight is 249 g/mol. The summed E-state index contributed by atoms with van der Waals surface area (Å²) < 4.78 is 0. The van der Waals surface area contributed by atoms with Crippen molar-refractivity contribution in [2.24, 2.45) is 22.2 Å². The van der Waals surface area contributed by atoms with Crippen LogP contribution in [0, 0.1) is 22.2 Å². The zero-order chi connectivity index (χ0) is 13.0. The molecule has 0 saturated heterocycles. The van der Waals surface area contributed by atoms with E-state index >= 15 is 0 Å². The van der Waals surface area contributed by atoms with E-state index in [4.69, 9.17) is 0 Å². The highest BCUT2D eigenvalue weighted by molar-refractivity contribution is 5.10. The van der Waals surface area contributed by atoms with E-state index in [0.29, 0.717) is 16.2 Å². The van der Waals surface area contributed by atoms with Gasteiger partial charge in [0.1, 0.15) is 0 Å². The molecule has 4 bridgehead atoms. The lowest BCUT2D eigenvalue weighted by Gasteiger charge is -2.66. The second-order valence-electron chi connectivity index (χ2n) is 8.59. The molecule has 0 aromatic heterocycles. The Labute approximate surface area is 113 Å². The molecular weight excluding hydrogens is 218 g/mol. The maximum absolute atomic E-state index is 2.68. The minimum atomic E-state index is 0.676. The van der Waals surface area contributed by atoms with Gasteiger partial charge >= 0.3 is 0 Å². The molecule has 1 heteroatoms. The van der Waals surface area contributed by atoms with Crippen LogP contribution < -0.4 is 0 Å². The van der Waals surface area contributed by atoms with Crippen molar-refractivity contribution in [3.63, 3.8) is 0 Å². The Morgan fingerprint density at radius 3 is 1.89 bits per heavy atom.